The average molecular weight is 386 g/mol. The third kappa shape index (κ3) is 3.43. The van der Waals surface area contributed by atoms with Crippen LogP contribution in [0, 0.1) is 5.82 Å². The van der Waals surface area contributed by atoms with Crippen molar-refractivity contribution < 1.29 is 9.50 Å². The highest BCUT2D eigenvalue weighted by Gasteiger charge is 2.32. The maximum Gasteiger partial charge on any atom is 0.148 e. The molecule has 1 nitrogen and oxygen atoms in total. The summed E-state index contributed by atoms with van der Waals surface area (Å²) in [7, 11) is 0. The van der Waals surface area contributed by atoms with Crippen molar-refractivity contribution in [3.63, 3.8) is 0 Å². The van der Waals surface area contributed by atoms with Gasteiger partial charge in [0.2, 0.25) is 0 Å². The third-order valence-electron chi connectivity index (χ3n) is 3.31. The molecule has 106 valence electrons. The second-order valence-electron chi connectivity index (χ2n) is 4.63. The largest absolute Gasteiger partial charge is 0.387 e. The molecule has 0 radical (unpaired) electrons. The second-order valence-corrected chi connectivity index (χ2v) is 8.89. The number of benzene rings is 1. The smallest absolute Gasteiger partial charge is 0.148 e. The van der Waals surface area contributed by atoms with Gasteiger partial charge >= 0.3 is 0 Å². The monoisotopic (exact) mass is 384 g/mol. The molecule has 1 N–H and O–H groups in total. The maximum atomic E-state index is 14.1. The number of rotatable bonds is 2. The van der Waals surface area contributed by atoms with Gasteiger partial charge in [0.15, 0.2) is 0 Å². The predicted octanol–water partition coefficient (Wildman–Crippen LogP) is 4.90. The zero-order valence-electron chi connectivity index (χ0n) is 10.6. The first-order valence-corrected chi connectivity index (χ1v) is 9.16. The first-order valence-electron chi connectivity index (χ1n) is 6.00. The zero-order chi connectivity index (χ0) is 14.2. The number of halogens is 3. The van der Waals surface area contributed by atoms with Gasteiger partial charge in [-0.15, -0.1) is 0 Å². The molecule has 0 amide bonds. The van der Waals surface area contributed by atoms with Gasteiger partial charge in [0, 0.05) is 31.5 Å². The average Bonchev–Trinajstić information content (AvgIpc) is 2.39. The molecule has 19 heavy (non-hydrogen) atoms. The first kappa shape index (κ1) is 16.0. The Morgan fingerprint density at radius 1 is 1.42 bits per heavy atom. The van der Waals surface area contributed by atoms with E-state index in [2.05, 4.69) is 29.8 Å². The van der Waals surface area contributed by atoms with Crippen LogP contribution >= 0.6 is 51.1 Å². The van der Waals surface area contributed by atoms with Crippen molar-refractivity contribution >= 4 is 51.1 Å². The van der Waals surface area contributed by atoms with E-state index in [0.717, 1.165) is 5.75 Å². The summed E-state index contributed by atoms with van der Waals surface area (Å²) in [6.07, 6.45) is -0.821. The van der Waals surface area contributed by atoms with Gasteiger partial charge < -0.3 is 5.11 Å². The number of aliphatic hydroxyl groups excluding tert-OH is 1. The Morgan fingerprint density at radius 3 is 2.74 bits per heavy atom. The van der Waals surface area contributed by atoms with Gasteiger partial charge in [-0.25, -0.2) is 4.39 Å². The number of thioether (sulfide) groups is 2. The summed E-state index contributed by atoms with van der Waals surface area (Å²) in [5.41, 5.74) is 0.285. The van der Waals surface area contributed by atoms with Crippen molar-refractivity contribution in [3.05, 3.63) is 33.0 Å². The van der Waals surface area contributed by atoms with Gasteiger partial charge in [-0.05, 0) is 22.0 Å². The molecule has 1 aromatic carbocycles. The fourth-order valence-corrected chi connectivity index (χ4v) is 5.41. The van der Waals surface area contributed by atoms with Crippen LogP contribution in [-0.4, -0.2) is 26.6 Å². The molecular weight excluding hydrogens is 371 g/mol. The van der Waals surface area contributed by atoms with Crippen LogP contribution in [0.1, 0.15) is 25.5 Å². The topological polar surface area (TPSA) is 20.2 Å². The van der Waals surface area contributed by atoms with Crippen LogP contribution < -0.4 is 0 Å². The fourth-order valence-electron chi connectivity index (χ4n) is 1.94. The van der Waals surface area contributed by atoms with Crippen LogP contribution in [0.3, 0.4) is 0 Å². The molecule has 0 bridgehead atoms. The number of hydrogen-bond acceptors (Lipinski definition) is 3. The van der Waals surface area contributed by atoms with Gasteiger partial charge in [-0.2, -0.15) is 23.5 Å². The molecule has 1 aliphatic heterocycles. The normalized spacial score (nSPS) is 29.3. The van der Waals surface area contributed by atoms with Crippen LogP contribution in [-0.2, 0) is 0 Å². The summed E-state index contributed by atoms with van der Waals surface area (Å²) in [4.78, 5) is 0. The highest BCUT2D eigenvalue weighted by molar-refractivity contribution is 9.10. The molecule has 0 spiro atoms. The molecule has 1 fully saturated rings. The van der Waals surface area contributed by atoms with Crippen molar-refractivity contribution in [2.45, 2.75) is 35.7 Å². The minimum absolute atomic E-state index is 0.00272. The Hall–Kier alpha value is 0.580. The lowest BCUT2D eigenvalue weighted by Crippen LogP contribution is -2.30. The zero-order valence-corrected chi connectivity index (χ0v) is 14.5. The van der Waals surface area contributed by atoms with Crippen molar-refractivity contribution in [2.75, 3.05) is 5.75 Å². The summed E-state index contributed by atoms with van der Waals surface area (Å²) in [6, 6.07) is 3.28. The molecule has 1 saturated heterocycles. The molecule has 4 atom stereocenters. The minimum atomic E-state index is -0.821. The summed E-state index contributed by atoms with van der Waals surface area (Å²) >= 11 is 12.6. The van der Waals surface area contributed by atoms with Crippen molar-refractivity contribution in [1.82, 2.24) is 0 Å². The summed E-state index contributed by atoms with van der Waals surface area (Å²) < 4.78 is 14.6. The van der Waals surface area contributed by atoms with E-state index in [0.29, 0.717) is 15.0 Å². The summed E-state index contributed by atoms with van der Waals surface area (Å²) in [6.45, 7) is 4.33. The molecule has 6 heteroatoms. The molecular formula is C13H15BrClFOS2. The van der Waals surface area contributed by atoms with E-state index in [1.165, 1.54) is 0 Å². The van der Waals surface area contributed by atoms with E-state index in [1.54, 1.807) is 23.9 Å². The molecule has 0 aromatic heterocycles. The standard InChI is InChI=1S/C13H15BrClFOS2/c1-6-7(2)19-10(5-18-6)13(17)8-3-4-9(14)11(15)12(8)16/h3-4,6-7,10,13,17H,5H2,1-2H3. The van der Waals surface area contributed by atoms with E-state index in [1.807, 2.05) is 11.8 Å². The van der Waals surface area contributed by atoms with Crippen molar-refractivity contribution in [3.8, 4) is 0 Å². The first-order chi connectivity index (χ1) is 8.91. The Balaban J connectivity index is 2.20. The molecule has 0 aliphatic carbocycles. The van der Waals surface area contributed by atoms with E-state index in [-0.39, 0.29) is 15.8 Å². The fraction of sp³-hybridized carbons (Fsp3) is 0.538. The van der Waals surface area contributed by atoms with Crippen LogP contribution in [0.2, 0.25) is 5.02 Å². The lowest BCUT2D eigenvalue weighted by atomic mass is 10.1. The molecule has 1 aliphatic rings. The summed E-state index contributed by atoms with van der Waals surface area (Å²) in [5.74, 6) is 0.296. The molecule has 4 unspecified atom stereocenters. The molecule has 1 heterocycles. The minimum Gasteiger partial charge on any atom is -0.387 e. The molecule has 1 aromatic rings. The van der Waals surface area contributed by atoms with Crippen LogP contribution in [0.4, 0.5) is 4.39 Å². The van der Waals surface area contributed by atoms with E-state index in [9.17, 15) is 9.50 Å². The van der Waals surface area contributed by atoms with Crippen LogP contribution in [0.5, 0.6) is 0 Å². The van der Waals surface area contributed by atoms with Crippen LogP contribution in [0.15, 0.2) is 16.6 Å². The van der Waals surface area contributed by atoms with Crippen molar-refractivity contribution in [2.24, 2.45) is 0 Å². The quantitative estimate of drug-likeness (QED) is 0.731. The Kier molecular flexibility index (Phi) is 5.51. The third-order valence-corrected chi connectivity index (χ3v) is 8.05. The maximum absolute atomic E-state index is 14.1. The van der Waals surface area contributed by atoms with E-state index < -0.39 is 11.9 Å². The lowest BCUT2D eigenvalue weighted by molar-refractivity contribution is 0.175. The van der Waals surface area contributed by atoms with E-state index >= 15 is 0 Å². The Bertz CT molecular complexity index is 474. The number of hydrogen-bond donors (Lipinski definition) is 1. The van der Waals surface area contributed by atoms with Gasteiger partial charge in [-0.1, -0.05) is 31.5 Å². The Morgan fingerprint density at radius 2 is 2.11 bits per heavy atom. The predicted molar refractivity (Wildman–Crippen MR) is 86.8 cm³/mol. The number of aliphatic hydroxyl groups is 1. The Labute approximate surface area is 134 Å². The van der Waals surface area contributed by atoms with Gasteiger partial charge in [0.25, 0.3) is 0 Å². The second kappa shape index (κ2) is 6.56. The highest BCUT2D eigenvalue weighted by Crippen LogP contribution is 2.42. The SMILES string of the molecule is CC1SCC(C(O)c2ccc(Br)c(Cl)c2F)SC1C. The van der Waals surface area contributed by atoms with Crippen molar-refractivity contribution in [1.29, 1.82) is 0 Å². The molecule has 2 rings (SSSR count). The van der Waals surface area contributed by atoms with E-state index in [4.69, 9.17) is 11.6 Å². The summed E-state index contributed by atoms with van der Waals surface area (Å²) in [5, 5.41) is 11.4. The highest BCUT2D eigenvalue weighted by atomic mass is 79.9. The molecule has 0 saturated carbocycles. The van der Waals surface area contributed by atoms with Gasteiger partial charge in [0.1, 0.15) is 5.82 Å². The van der Waals surface area contributed by atoms with Gasteiger partial charge in [-0.3, -0.25) is 0 Å². The lowest BCUT2D eigenvalue weighted by Gasteiger charge is -2.34. The van der Waals surface area contributed by atoms with Gasteiger partial charge in [0.05, 0.1) is 11.1 Å². The van der Waals surface area contributed by atoms with Crippen LogP contribution in [0.25, 0.3) is 0 Å².